The third-order valence-corrected chi connectivity index (χ3v) is 4.54. The van der Waals surface area contributed by atoms with E-state index in [0.29, 0.717) is 24.4 Å². The van der Waals surface area contributed by atoms with Gasteiger partial charge in [0.2, 0.25) is 0 Å². The summed E-state index contributed by atoms with van der Waals surface area (Å²) >= 11 is 0. The molecule has 0 N–H and O–H groups in total. The van der Waals surface area contributed by atoms with Crippen LogP contribution in [0.5, 0.6) is 0 Å². The number of rotatable bonds is 3. The Kier molecular flexibility index (Phi) is 2.84. The van der Waals surface area contributed by atoms with Crippen LogP contribution >= 0.6 is 0 Å². The number of oxazole rings is 1. The zero-order valence-corrected chi connectivity index (χ0v) is 9.79. The monoisotopic (exact) mass is 243 g/mol. The van der Waals surface area contributed by atoms with E-state index in [1.54, 1.807) is 0 Å². The summed E-state index contributed by atoms with van der Waals surface area (Å²) in [5.41, 5.74) is 0.302. The molecule has 0 aliphatic carbocycles. The van der Waals surface area contributed by atoms with E-state index in [9.17, 15) is 13.2 Å². The second-order valence-electron chi connectivity index (χ2n) is 4.16. The molecular weight excluding hydrogens is 230 g/mol. The number of hydrogen-bond acceptors (Lipinski definition) is 5. The Morgan fingerprint density at radius 2 is 2.38 bits per heavy atom. The topological polar surface area (TPSA) is 77.2 Å². The summed E-state index contributed by atoms with van der Waals surface area (Å²) in [6.07, 6.45) is 2.47. The van der Waals surface area contributed by atoms with Crippen LogP contribution in [0.25, 0.3) is 0 Å². The van der Waals surface area contributed by atoms with Crippen molar-refractivity contribution in [3.05, 3.63) is 17.8 Å². The van der Waals surface area contributed by atoms with Crippen molar-refractivity contribution in [3.8, 4) is 0 Å². The minimum absolute atomic E-state index is 0.0726. The summed E-state index contributed by atoms with van der Waals surface area (Å²) in [6, 6.07) is 0. The van der Waals surface area contributed by atoms with Crippen LogP contribution in [0.15, 0.2) is 10.7 Å². The Bertz CT molecular complexity index is 503. The first-order valence-electron chi connectivity index (χ1n) is 5.12. The number of Topliss-reactive ketones (excluding diaryl/α,β-unsaturated/α-hetero) is 1. The molecule has 2 rings (SSSR count). The lowest BCUT2D eigenvalue weighted by Crippen LogP contribution is -2.07. The van der Waals surface area contributed by atoms with Crippen molar-refractivity contribution in [2.75, 3.05) is 11.5 Å². The molecule has 0 spiro atoms. The molecule has 1 aliphatic rings. The van der Waals surface area contributed by atoms with E-state index < -0.39 is 9.84 Å². The molecule has 2 heterocycles. The highest BCUT2D eigenvalue weighted by Crippen LogP contribution is 2.22. The quantitative estimate of drug-likeness (QED) is 0.736. The van der Waals surface area contributed by atoms with E-state index in [2.05, 4.69) is 4.98 Å². The van der Waals surface area contributed by atoms with Gasteiger partial charge in [-0.3, -0.25) is 4.79 Å². The van der Waals surface area contributed by atoms with E-state index in [-0.39, 0.29) is 23.2 Å². The van der Waals surface area contributed by atoms with E-state index in [1.807, 2.05) is 0 Å². The second-order valence-corrected chi connectivity index (χ2v) is 6.38. The lowest BCUT2D eigenvalue weighted by atomic mass is 10.1. The Morgan fingerprint density at radius 1 is 1.62 bits per heavy atom. The van der Waals surface area contributed by atoms with Crippen molar-refractivity contribution in [1.82, 2.24) is 4.98 Å². The van der Waals surface area contributed by atoms with Gasteiger partial charge in [-0.2, -0.15) is 0 Å². The molecule has 1 atom stereocenters. The van der Waals surface area contributed by atoms with Gasteiger partial charge < -0.3 is 4.42 Å². The molecule has 0 saturated carbocycles. The molecule has 16 heavy (non-hydrogen) atoms. The lowest BCUT2D eigenvalue weighted by molar-refractivity contribution is 0.101. The van der Waals surface area contributed by atoms with Gasteiger partial charge in [-0.15, -0.1) is 0 Å². The zero-order valence-electron chi connectivity index (χ0n) is 8.97. The second kappa shape index (κ2) is 4.01. The number of sulfone groups is 1. The van der Waals surface area contributed by atoms with Gasteiger partial charge in [-0.1, -0.05) is 0 Å². The van der Waals surface area contributed by atoms with Gasteiger partial charge >= 0.3 is 0 Å². The molecule has 1 unspecified atom stereocenters. The largest absolute Gasteiger partial charge is 0.448 e. The molecule has 1 aliphatic heterocycles. The smallest absolute Gasteiger partial charge is 0.194 e. The normalized spacial score (nSPS) is 23.4. The fraction of sp³-hybridized carbons (Fsp3) is 0.600. The van der Waals surface area contributed by atoms with Crippen LogP contribution in [0.1, 0.15) is 29.7 Å². The van der Waals surface area contributed by atoms with E-state index in [0.717, 1.165) is 0 Å². The van der Waals surface area contributed by atoms with E-state index in [1.165, 1.54) is 13.2 Å². The van der Waals surface area contributed by atoms with Gasteiger partial charge in [-0.05, 0) is 12.3 Å². The average Bonchev–Trinajstić information content (AvgIpc) is 2.73. The molecule has 1 saturated heterocycles. The summed E-state index contributed by atoms with van der Waals surface area (Å²) in [7, 11) is -2.86. The highest BCUT2D eigenvalue weighted by atomic mass is 32.2. The standard InChI is InChI=1S/C10H13NO4S/c1-7(12)9-5-15-10(11-9)4-8-2-3-16(13,14)6-8/h5,8H,2-4,6H2,1H3. The maximum Gasteiger partial charge on any atom is 0.194 e. The van der Waals surface area contributed by atoms with Gasteiger partial charge in [0.1, 0.15) is 12.0 Å². The van der Waals surface area contributed by atoms with Crippen molar-refractivity contribution in [2.24, 2.45) is 5.92 Å². The van der Waals surface area contributed by atoms with Gasteiger partial charge in [0.15, 0.2) is 21.5 Å². The van der Waals surface area contributed by atoms with Crippen molar-refractivity contribution in [2.45, 2.75) is 19.8 Å². The molecule has 88 valence electrons. The van der Waals surface area contributed by atoms with Crippen molar-refractivity contribution >= 4 is 15.6 Å². The Labute approximate surface area is 93.8 Å². The number of carbonyl (C=O) groups is 1. The first-order valence-corrected chi connectivity index (χ1v) is 6.94. The molecule has 1 aromatic heterocycles. The third-order valence-electron chi connectivity index (χ3n) is 2.70. The Hall–Kier alpha value is -1.17. The molecule has 0 radical (unpaired) electrons. The van der Waals surface area contributed by atoms with Crippen LogP contribution in [0.4, 0.5) is 0 Å². The molecular formula is C10H13NO4S. The number of carbonyl (C=O) groups excluding carboxylic acids is 1. The van der Waals surface area contributed by atoms with E-state index in [4.69, 9.17) is 4.42 Å². The number of nitrogens with zero attached hydrogens (tertiary/aromatic N) is 1. The molecule has 0 amide bonds. The Morgan fingerprint density at radius 3 is 2.88 bits per heavy atom. The predicted molar refractivity (Wildman–Crippen MR) is 57.0 cm³/mol. The molecule has 5 nitrogen and oxygen atoms in total. The fourth-order valence-corrected chi connectivity index (χ4v) is 3.71. The maximum absolute atomic E-state index is 11.2. The Balaban J connectivity index is 2.02. The summed E-state index contributed by atoms with van der Waals surface area (Å²) < 4.78 is 27.6. The van der Waals surface area contributed by atoms with Gasteiger partial charge in [0, 0.05) is 13.3 Å². The summed E-state index contributed by atoms with van der Waals surface area (Å²) in [5.74, 6) is 0.827. The molecule has 1 fully saturated rings. The maximum atomic E-state index is 11.2. The molecule has 1 aromatic rings. The van der Waals surface area contributed by atoms with Gasteiger partial charge in [-0.25, -0.2) is 13.4 Å². The van der Waals surface area contributed by atoms with E-state index >= 15 is 0 Å². The van der Waals surface area contributed by atoms with Crippen molar-refractivity contribution in [1.29, 1.82) is 0 Å². The molecule has 0 bridgehead atoms. The summed E-state index contributed by atoms with van der Waals surface area (Å²) in [4.78, 5) is 15.0. The minimum atomic E-state index is -2.86. The van der Waals surface area contributed by atoms with Crippen LogP contribution in [0.3, 0.4) is 0 Å². The van der Waals surface area contributed by atoms with Crippen LogP contribution in [0.2, 0.25) is 0 Å². The fourth-order valence-electron chi connectivity index (χ4n) is 1.85. The third kappa shape index (κ3) is 2.49. The molecule has 0 aromatic carbocycles. The SMILES string of the molecule is CC(=O)c1coc(CC2CCS(=O)(=O)C2)n1. The first-order chi connectivity index (χ1) is 7.46. The van der Waals surface area contributed by atoms with Gasteiger partial charge in [0.25, 0.3) is 0 Å². The van der Waals surface area contributed by atoms with Gasteiger partial charge in [0.05, 0.1) is 11.5 Å². The number of aromatic nitrogens is 1. The van der Waals surface area contributed by atoms with Crippen molar-refractivity contribution < 1.29 is 17.6 Å². The lowest BCUT2D eigenvalue weighted by Gasteiger charge is -2.02. The average molecular weight is 243 g/mol. The highest BCUT2D eigenvalue weighted by molar-refractivity contribution is 7.91. The molecule has 6 heteroatoms. The van der Waals surface area contributed by atoms with Crippen LogP contribution in [0, 0.1) is 5.92 Å². The van der Waals surface area contributed by atoms with Crippen LogP contribution < -0.4 is 0 Å². The first kappa shape index (κ1) is 11.3. The summed E-state index contributed by atoms with van der Waals surface area (Å²) in [6.45, 7) is 1.42. The van der Waals surface area contributed by atoms with Crippen LogP contribution in [-0.2, 0) is 16.3 Å². The number of ketones is 1. The van der Waals surface area contributed by atoms with Crippen molar-refractivity contribution in [3.63, 3.8) is 0 Å². The minimum Gasteiger partial charge on any atom is -0.448 e. The zero-order chi connectivity index (χ0) is 11.8. The number of hydrogen-bond donors (Lipinski definition) is 0. The summed E-state index contributed by atoms with van der Waals surface area (Å²) in [5, 5.41) is 0. The van der Waals surface area contributed by atoms with Crippen LogP contribution in [-0.4, -0.2) is 30.7 Å². The highest BCUT2D eigenvalue weighted by Gasteiger charge is 2.29. The predicted octanol–water partition coefficient (Wildman–Crippen LogP) is 0.854.